The number of amidine groups is 1. The first-order valence-corrected chi connectivity index (χ1v) is 11.6. The second kappa shape index (κ2) is 8.74. The maximum Gasteiger partial charge on any atom is 0.276 e. The quantitative estimate of drug-likeness (QED) is 0.678. The summed E-state index contributed by atoms with van der Waals surface area (Å²) in [7, 11) is 1.59. The number of methoxy groups -OCH3 is 1. The number of benzene rings is 2. The van der Waals surface area contributed by atoms with E-state index in [0.29, 0.717) is 28.1 Å². The Hall–Kier alpha value is -3.20. The predicted octanol–water partition coefficient (Wildman–Crippen LogP) is 2.49. The Morgan fingerprint density at radius 1 is 1.25 bits per heavy atom. The number of nitrogens with zero attached hydrogens (tertiary/aromatic N) is 3. The third-order valence-electron chi connectivity index (χ3n) is 5.48. The predicted molar refractivity (Wildman–Crippen MR) is 122 cm³/mol. The maximum absolute atomic E-state index is 13.2. The lowest BCUT2D eigenvalue weighted by Crippen LogP contribution is -2.50. The van der Waals surface area contributed by atoms with Crippen LogP contribution in [0.3, 0.4) is 0 Å². The molecule has 2 aromatic rings. The summed E-state index contributed by atoms with van der Waals surface area (Å²) in [5.74, 6) is 2.44. The van der Waals surface area contributed by atoms with Crippen molar-refractivity contribution >= 4 is 28.5 Å². The molecular weight excluding hydrogens is 428 g/mol. The average Bonchev–Trinajstić information content (AvgIpc) is 3.29. The molecule has 5 rings (SSSR count). The van der Waals surface area contributed by atoms with Crippen LogP contribution < -0.4 is 30.1 Å². The van der Waals surface area contributed by atoms with Crippen molar-refractivity contribution in [3.63, 3.8) is 0 Å². The zero-order chi connectivity index (χ0) is 22.1. The number of ether oxygens (including phenoxy) is 3. The molecule has 0 aliphatic carbocycles. The van der Waals surface area contributed by atoms with Gasteiger partial charge in [-0.25, -0.2) is 5.01 Å². The minimum absolute atomic E-state index is 0.139. The standard InChI is InChI=1S/C23H24N4O4S/c1-3-4-7-10-32-23-25-22(28)19-15-8-5-6-9-16(15)24-21(27(19)26-23)14-11-17(29-2)20-18(12-14)30-13-31-20/h5-6,8-9,11-12,21H,3-4,7,10,13H2,1-2H3,(H,25,26,28)/t21-/m1/s1. The first kappa shape index (κ1) is 20.7. The molecule has 3 aliphatic heterocycles. The number of amides is 1. The van der Waals surface area contributed by atoms with Crippen molar-refractivity contribution in [1.82, 2.24) is 10.3 Å². The smallest absolute Gasteiger partial charge is 0.276 e. The van der Waals surface area contributed by atoms with E-state index in [-0.39, 0.29) is 12.7 Å². The summed E-state index contributed by atoms with van der Waals surface area (Å²) in [5, 5.41) is 11.5. The minimum Gasteiger partial charge on any atom is -0.493 e. The molecule has 0 aromatic heterocycles. The molecule has 3 aliphatic rings. The van der Waals surface area contributed by atoms with Crippen molar-refractivity contribution in [2.24, 2.45) is 10.1 Å². The van der Waals surface area contributed by atoms with Crippen LogP contribution in [0.15, 0.2) is 46.5 Å². The number of carbonyl (C=O) groups is 1. The molecule has 0 spiro atoms. The van der Waals surface area contributed by atoms with Crippen LogP contribution in [0.2, 0.25) is 0 Å². The summed E-state index contributed by atoms with van der Waals surface area (Å²) in [6.45, 7) is 2.31. The van der Waals surface area contributed by atoms with E-state index >= 15 is 0 Å². The number of thioether (sulfide) groups is 1. The summed E-state index contributed by atoms with van der Waals surface area (Å²) in [6, 6.07) is 11.4. The Kier molecular flexibility index (Phi) is 5.65. The van der Waals surface area contributed by atoms with Crippen molar-refractivity contribution in [3.05, 3.63) is 52.5 Å². The summed E-state index contributed by atoms with van der Waals surface area (Å²) in [6.07, 6.45) is 2.83. The Balaban J connectivity index is 1.60. The van der Waals surface area contributed by atoms with Crippen LogP contribution in [0.5, 0.6) is 17.2 Å². The average molecular weight is 453 g/mol. The van der Waals surface area contributed by atoms with Crippen molar-refractivity contribution in [2.75, 3.05) is 19.7 Å². The molecule has 0 fully saturated rings. The molecule has 0 unspecified atom stereocenters. The zero-order valence-corrected chi connectivity index (χ0v) is 18.8. The lowest BCUT2D eigenvalue weighted by Gasteiger charge is -2.34. The highest BCUT2D eigenvalue weighted by molar-refractivity contribution is 8.13. The molecule has 32 heavy (non-hydrogen) atoms. The molecular formula is C23H24N4O4S. The summed E-state index contributed by atoms with van der Waals surface area (Å²) in [4.78, 5) is 18.1. The summed E-state index contributed by atoms with van der Waals surface area (Å²) < 4.78 is 16.7. The SMILES string of the molecule is CCCCCSC1=NN2C(=c3ccccc3=N[C@H]2c2cc(OC)c3c(c2)OCO3)C(=O)N1. The third kappa shape index (κ3) is 3.66. The van der Waals surface area contributed by atoms with Gasteiger partial charge in [0.1, 0.15) is 5.70 Å². The first-order chi connectivity index (χ1) is 15.7. The van der Waals surface area contributed by atoms with Gasteiger partial charge in [-0.05, 0) is 24.6 Å². The largest absolute Gasteiger partial charge is 0.493 e. The molecule has 1 atom stereocenters. The monoisotopic (exact) mass is 452 g/mol. The third-order valence-corrected chi connectivity index (χ3v) is 6.43. The van der Waals surface area contributed by atoms with Gasteiger partial charge in [-0.2, -0.15) is 0 Å². The van der Waals surface area contributed by atoms with Crippen molar-refractivity contribution < 1.29 is 19.0 Å². The topological polar surface area (TPSA) is 84.8 Å². The van der Waals surface area contributed by atoms with Gasteiger partial charge in [0, 0.05) is 16.5 Å². The molecule has 0 bridgehead atoms. The highest BCUT2D eigenvalue weighted by Gasteiger charge is 2.35. The van der Waals surface area contributed by atoms with E-state index in [2.05, 4.69) is 12.2 Å². The number of para-hydroxylation sites is 1. The van der Waals surface area contributed by atoms with Gasteiger partial charge in [0.25, 0.3) is 5.91 Å². The van der Waals surface area contributed by atoms with Crippen LogP contribution in [-0.2, 0) is 4.79 Å². The molecule has 8 nitrogen and oxygen atoms in total. The molecule has 2 aromatic carbocycles. The summed E-state index contributed by atoms with van der Waals surface area (Å²) >= 11 is 1.56. The van der Waals surface area contributed by atoms with E-state index in [1.807, 2.05) is 36.4 Å². The second-order valence-electron chi connectivity index (χ2n) is 7.58. The van der Waals surface area contributed by atoms with Crippen LogP contribution >= 0.6 is 11.8 Å². The Morgan fingerprint density at radius 2 is 2.12 bits per heavy atom. The van der Waals surface area contributed by atoms with Crippen LogP contribution in [-0.4, -0.2) is 35.7 Å². The van der Waals surface area contributed by atoms with Crippen molar-refractivity contribution in [1.29, 1.82) is 0 Å². The fourth-order valence-corrected chi connectivity index (χ4v) is 4.78. The highest BCUT2D eigenvalue weighted by atomic mass is 32.2. The maximum atomic E-state index is 13.2. The lowest BCUT2D eigenvalue weighted by atomic mass is 10.1. The van der Waals surface area contributed by atoms with Crippen LogP contribution in [0.4, 0.5) is 0 Å². The lowest BCUT2D eigenvalue weighted by molar-refractivity contribution is -0.116. The van der Waals surface area contributed by atoms with E-state index in [0.717, 1.165) is 41.2 Å². The van der Waals surface area contributed by atoms with E-state index in [4.69, 9.17) is 24.3 Å². The number of hydrogen-bond acceptors (Lipinski definition) is 8. The van der Waals surface area contributed by atoms with Gasteiger partial charge in [0.2, 0.25) is 12.5 Å². The van der Waals surface area contributed by atoms with Gasteiger partial charge in [-0.3, -0.25) is 15.1 Å². The molecule has 3 heterocycles. The van der Waals surface area contributed by atoms with Crippen LogP contribution in [0, 0.1) is 0 Å². The number of unbranched alkanes of at least 4 members (excludes halogenated alkanes) is 2. The normalized spacial score (nSPS) is 18.4. The zero-order valence-electron chi connectivity index (χ0n) is 18.0. The fraction of sp³-hybridized carbons (Fsp3) is 0.348. The van der Waals surface area contributed by atoms with Gasteiger partial charge in [-0.1, -0.05) is 49.7 Å². The Bertz CT molecular complexity index is 1210. The van der Waals surface area contributed by atoms with Crippen molar-refractivity contribution in [2.45, 2.75) is 32.4 Å². The van der Waals surface area contributed by atoms with Gasteiger partial charge >= 0.3 is 0 Å². The molecule has 0 radical (unpaired) electrons. The van der Waals surface area contributed by atoms with Crippen LogP contribution in [0.25, 0.3) is 5.70 Å². The van der Waals surface area contributed by atoms with E-state index in [9.17, 15) is 4.79 Å². The Morgan fingerprint density at radius 3 is 2.97 bits per heavy atom. The number of hydrogen-bond donors (Lipinski definition) is 1. The van der Waals surface area contributed by atoms with Gasteiger partial charge in [0.05, 0.1) is 12.5 Å². The molecule has 9 heteroatoms. The molecule has 0 saturated heterocycles. The number of rotatable bonds is 6. The van der Waals surface area contributed by atoms with E-state index < -0.39 is 6.17 Å². The number of hydrazone groups is 1. The number of nitrogens with one attached hydrogen (secondary N) is 1. The second-order valence-corrected chi connectivity index (χ2v) is 8.67. The molecule has 1 N–H and O–H groups in total. The van der Waals surface area contributed by atoms with Crippen LogP contribution in [0.1, 0.15) is 37.9 Å². The van der Waals surface area contributed by atoms with E-state index in [1.165, 1.54) is 0 Å². The number of fused-ring (bicyclic) bond motifs is 3. The highest BCUT2D eigenvalue weighted by Crippen LogP contribution is 2.44. The fourth-order valence-electron chi connectivity index (χ4n) is 3.93. The van der Waals surface area contributed by atoms with Gasteiger partial charge in [0.15, 0.2) is 22.8 Å². The molecule has 1 amide bonds. The van der Waals surface area contributed by atoms with Gasteiger partial charge in [-0.15, -0.1) is 5.10 Å². The molecule has 166 valence electrons. The summed E-state index contributed by atoms with van der Waals surface area (Å²) in [5.41, 5.74) is 1.28. The van der Waals surface area contributed by atoms with Crippen molar-refractivity contribution in [3.8, 4) is 17.2 Å². The van der Waals surface area contributed by atoms with Gasteiger partial charge < -0.3 is 14.2 Å². The number of carbonyl (C=O) groups excluding carboxylic acids is 1. The first-order valence-electron chi connectivity index (χ1n) is 10.7. The Labute approximate surface area is 189 Å². The molecule has 0 saturated carbocycles. The minimum atomic E-state index is -0.541. The van der Waals surface area contributed by atoms with E-state index in [1.54, 1.807) is 23.9 Å².